The first-order valence-electron chi connectivity index (χ1n) is 10.1. The zero-order valence-electron chi connectivity index (χ0n) is 18.4. The predicted molar refractivity (Wildman–Crippen MR) is 124 cm³/mol. The van der Waals surface area contributed by atoms with Gasteiger partial charge in [0.2, 0.25) is 5.78 Å². The topological polar surface area (TPSA) is 97.3 Å². The Kier molecular flexibility index (Phi) is 7.53. The molecule has 0 saturated carbocycles. The molecule has 0 aromatic heterocycles. The van der Waals surface area contributed by atoms with Crippen LogP contribution in [0.2, 0.25) is 0 Å². The summed E-state index contributed by atoms with van der Waals surface area (Å²) in [6.07, 6.45) is 0.740. The molecule has 1 N–H and O–H groups in total. The van der Waals surface area contributed by atoms with Crippen LogP contribution in [0, 0.1) is 0 Å². The number of hydrazone groups is 1. The summed E-state index contributed by atoms with van der Waals surface area (Å²) >= 11 is 1.23. The van der Waals surface area contributed by atoms with Gasteiger partial charge in [-0.3, -0.25) is 14.4 Å². The normalized spacial score (nSPS) is 15.8. The van der Waals surface area contributed by atoms with Gasteiger partial charge in [0.15, 0.2) is 11.5 Å². The quantitative estimate of drug-likeness (QED) is 0.603. The van der Waals surface area contributed by atoms with Crippen LogP contribution in [-0.4, -0.2) is 47.1 Å². The second kappa shape index (κ2) is 10.3. The fraction of sp³-hybridized carbons (Fsp3) is 0.304. The monoisotopic (exact) mass is 455 g/mol. The second-order valence-electron chi connectivity index (χ2n) is 7.10. The average molecular weight is 456 g/mol. The molecule has 2 aromatic rings. The molecular weight excluding hydrogens is 430 g/mol. The molecule has 32 heavy (non-hydrogen) atoms. The van der Waals surface area contributed by atoms with E-state index in [1.165, 1.54) is 23.7 Å². The van der Waals surface area contributed by atoms with E-state index in [9.17, 15) is 14.4 Å². The highest BCUT2D eigenvalue weighted by Gasteiger charge is 2.30. The maximum atomic E-state index is 12.7. The molecule has 0 fully saturated rings. The molecular formula is C23H25N3O5S. The van der Waals surface area contributed by atoms with Gasteiger partial charge in [-0.2, -0.15) is 5.10 Å². The van der Waals surface area contributed by atoms with Crippen molar-refractivity contribution in [3.8, 4) is 11.5 Å². The van der Waals surface area contributed by atoms with Crippen molar-refractivity contribution in [2.24, 2.45) is 5.10 Å². The summed E-state index contributed by atoms with van der Waals surface area (Å²) < 4.78 is 10.7. The summed E-state index contributed by atoms with van der Waals surface area (Å²) in [4.78, 5) is 35.6. The summed E-state index contributed by atoms with van der Waals surface area (Å²) in [7, 11) is 3.15. The number of Topliss-reactive ketones (excluding diaryl/α,β-unsaturated/α-hetero) is 1. The highest BCUT2D eigenvalue weighted by atomic mass is 32.2. The Morgan fingerprint density at radius 3 is 2.53 bits per heavy atom. The molecule has 0 spiro atoms. The number of ether oxygens (including phenoxy) is 2. The Labute approximate surface area is 191 Å². The number of methoxy groups -OCH3 is 2. The van der Waals surface area contributed by atoms with E-state index in [2.05, 4.69) is 10.4 Å². The van der Waals surface area contributed by atoms with Gasteiger partial charge in [-0.05, 0) is 42.3 Å². The van der Waals surface area contributed by atoms with Crippen LogP contribution < -0.4 is 14.8 Å². The molecule has 9 heteroatoms. The molecule has 2 amide bonds. The van der Waals surface area contributed by atoms with Gasteiger partial charge < -0.3 is 14.8 Å². The van der Waals surface area contributed by atoms with Crippen molar-refractivity contribution in [2.45, 2.75) is 32.1 Å². The van der Waals surface area contributed by atoms with Gasteiger partial charge in [-0.25, -0.2) is 5.01 Å². The third-order valence-electron chi connectivity index (χ3n) is 4.87. The third kappa shape index (κ3) is 5.28. The lowest BCUT2D eigenvalue weighted by Gasteiger charge is -2.28. The molecule has 1 heterocycles. The summed E-state index contributed by atoms with van der Waals surface area (Å²) in [6.45, 7) is 3.44. The summed E-state index contributed by atoms with van der Waals surface area (Å²) in [6, 6.07) is 12.6. The van der Waals surface area contributed by atoms with E-state index in [4.69, 9.17) is 9.47 Å². The predicted octanol–water partition coefficient (Wildman–Crippen LogP) is 4.08. The Hall–Kier alpha value is -3.33. The Bertz CT molecular complexity index is 1070. The fourth-order valence-corrected chi connectivity index (χ4v) is 4.16. The standard InChI is InChI=1S/C23H25N3O5S/c1-5-20-21(16-9-10-18(30-3)19(12-16)31-4)25-26(23(29)32-20)13-15-7-6-8-17(11-15)24-22(28)14(2)27/h6-12,20H,5,13H2,1-4H3,(H,24,28). The number of amides is 2. The van der Waals surface area contributed by atoms with Crippen molar-refractivity contribution >= 4 is 40.1 Å². The Balaban J connectivity index is 1.89. The van der Waals surface area contributed by atoms with Crippen molar-refractivity contribution in [3.05, 3.63) is 53.6 Å². The molecule has 1 aliphatic heterocycles. The van der Waals surface area contributed by atoms with Gasteiger partial charge in [-0.15, -0.1) is 0 Å². The molecule has 1 atom stereocenters. The molecule has 2 aromatic carbocycles. The number of carbonyl (C=O) groups is 3. The Morgan fingerprint density at radius 2 is 1.88 bits per heavy atom. The number of anilines is 1. The highest BCUT2D eigenvalue weighted by Crippen LogP contribution is 2.33. The van der Waals surface area contributed by atoms with E-state index >= 15 is 0 Å². The zero-order chi connectivity index (χ0) is 23.3. The molecule has 3 rings (SSSR count). The van der Waals surface area contributed by atoms with Crippen molar-refractivity contribution < 1.29 is 23.9 Å². The molecule has 168 valence electrons. The molecule has 8 nitrogen and oxygen atoms in total. The van der Waals surface area contributed by atoms with Gasteiger partial charge in [-0.1, -0.05) is 30.8 Å². The van der Waals surface area contributed by atoms with Crippen LogP contribution in [0.1, 0.15) is 31.4 Å². The summed E-state index contributed by atoms with van der Waals surface area (Å²) in [5, 5.41) is 8.39. The van der Waals surface area contributed by atoms with Gasteiger partial charge in [0.25, 0.3) is 5.91 Å². The SMILES string of the molecule is CCC1SC(=O)N(Cc2cccc(NC(=O)C(C)=O)c2)N=C1c1ccc(OC)c(OC)c1. The summed E-state index contributed by atoms with van der Waals surface area (Å²) in [5.41, 5.74) is 2.88. The van der Waals surface area contributed by atoms with E-state index < -0.39 is 11.7 Å². The van der Waals surface area contributed by atoms with Crippen molar-refractivity contribution in [1.82, 2.24) is 5.01 Å². The van der Waals surface area contributed by atoms with Crippen molar-refractivity contribution in [2.75, 3.05) is 19.5 Å². The number of ketones is 1. The maximum Gasteiger partial charge on any atom is 0.302 e. The van der Waals surface area contributed by atoms with Crippen LogP contribution in [0.25, 0.3) is 0 Å². The summed E-state index contributed by atoms with van der Waals surface area (Å²) in [5.74, 6) is -0.0604. The lowest BCUT2D eigenvalue weighted by Crippen LogP contribution is -2.34. The molecule has 0 bridgehead atoms. The van der Waals surface area contributed by atoms with Gasteiger partial charge in [0, 0.05) is 18.2 Å². The van der Waals surface area contributed by atoms with Gasteiger partial charge in [0.05, 0.1) is 31.7 Å². The van der Waals surface area contributed by atoms with E-state index in [-0.39, 0.29) is 17.0 Å². The number of thioether (sulfide) groups is 1. The van der Waals surface area contributed by atoms with E-state index in [1.807, 2.05) is 31.2 Å². The van der Waals surface area contributed by atoms with Crippen molar-refractivity contribution in [1.29, 1.82) is 0 Å². The molecule has 0 radical (unpaired) electrons. The van der Waals surface area contributed by atoms with Crippen LogP contribution in [0.15, 0.2) is 47.6 Å². The third-order valence-corrected chi connectivity index (χ3v) is 6.13. The number of carbonyl (C=O) groups excluding carboxylic acids is 3. The highest BCUT2D eigenvalue weighted by molar-refractivity contribution is 8.14. The number of nitrogens with zero attached hydrogens (tertiary/aromatic N) is 2. The molecule has 0 aliphatic carbocycles. The van der Waals surface area contributed by atoms with Gasteiger partial charge >= 0.3 is 5.24 Å². The minimum Gasteiger partial charge on any atom is -0.493 e. The number of benzene rings is 2. The first-order valence-corrected chi connectivity index (χ1v) is 10.9. The minimum absolute atomic E-state index is 0.0851. The van der Waals surface area contributed by atoms with Crippen LogP contribution >= 0.6 is 11.8 Å². The van der Waals surface area contributed by atoms with Crippen LogP contribution in [0.3, 0.4) is 0 Å². The molecule has 1 aliphatic rings. The van der Waals surface area contributed by atoms with Crippen molar-refractivity contribution in [3.63, 3.8) is 0 Å². The lowest BCUT2D eigenvalue weighted by atomic mass is 10.0. The first kappa shape index (κ1) is 23.3. The van der Waals surface area contributed by atoms with E-state index in [0.29, 0.717) is 17.2 Å². The van der Waals surface area contributed by atoms with E-state index in [1.54, 1.807) is 32.4 Å². The van der Waals surface area contributed by atoms with Crippen LogP contribution in [-0.2, 0) is 16.1 Å². The maximum absolute atomic E-state index is 12.7. The van der Waals surface area contributed by atoms with Crippen LogP contribution in [0.4, 0.5) is 10.5 Å². The first-order chi connectivity index (χ1) is 15.4. The lowest BCUT2D eigenvalue weighted by molar-refractivity contribution is -0.133. The Morgan fingerprint density at radius 1 is 1.12 bits per heavy atom. The number of nitrogens with one attached hydrogen (secondary N) is 1. The largest absolute Gasteiger partial charge is 0.493 e. The minimum atomic E-state index is -0.689. The number of hydrogen-bond acceptors (Lipinski definition) is 7. The fourth-order valence-electron chi connectivity index (χ4n) is 3.23. The smallest absolute Gasteiger partial charge is 0.302 e. The van der Waals surface area contributed by atoms with Crippen LogP contribution in [0.5, 0.6) is 11.5 Å². The number of rotatable bonds is 8. The average Bonchev–Trinajstić information content (AvgIpc) is 2.79. The second-order valence-corrected chi connectivity index (χ2v) is 8.26. The molecule has 1 unspecified atom stereocenters. The zero-order valence-corrected chi connectivity index (χ0v) is 19.2. The van der Waals surface area contributed by atoms with Gasteiger partial charge in [0.1, 0.15) is 0 Å². The molecule has 0 saturated heterocycles. The van der Waals surface area contributed by atoms with E-state index in [0.717, 1.165) is 23.3 Å². The number of hydrogen-bond donors (Lipinski definition) is 1.